The molecule has 16 heavy (non-hydrogen) atoms. The molecule has 0 saturated heterocycles. The van der Waals surface area contributed by atoms with Crippen LogP contribution >= 0.6 is 0 Å². The van der Waals surface area contributed by atoms with E-state index < -0.39 is 0 Å². The van der Waals surface area contributed by atoms with Crippen molar-refractivity contribution in [2.75, 3.05) is 6.61 Å². The number of phenolic OH excluding ortho intramolecular Hbond substituents is 1. The van der Waals surface area contributed by atoms with Crippen molar-refractivity contribution in [3.05, 3.63) is 24.3 Å². The molecule has 2 heteroatoms. The van der Waals surface area contributed by atoms with Gasteiger partial charge in [-0.15, -0.1) is 0 Å². The van der Waals surface area contributed by atoms with Crippen molar-refractivity contribution in [3.63, 3.8) is 0 Å². The molecular weight excluding hydrogens is 200 g/mol. The summed E-state index contributed by atoms with van der Waals surface area (Å²) in [4.78, 5) is 0. The van der Waals surface area contributed by atoms with E-state index in [1.165, 1.54) is 12.8 Å². The molecule has 1 atom stereocenters. The number of benzene rings is 1. The fraction of sp³-hybridized carbons (Fsp3) is 0.571. The Balaban J connectivity index is 0.00000225. The highest BCUT2D eigenvalue weighted by molar-refractivity contribution is 5.29. The number of phenols is 1. The molecule has 2 nitrogen and oxygen atoms in total. The molecule has 0 bridgehead atoms. The van der Waals surface area contributed by atoms with E-state index in [9.17, 15) is 0 Å². The second-order valence-corrected chi connectivity index (χ2v) is 4.00. The number of rotatable bonds is 6. The molecule has 1 rings (SSSR count). The van der Waals surface area contributed by atoms with Crippen LogP contribution in [0.25, 0.3) is 0 Å². The summed E-state index contributed by atoms with van der Waals surface area (Å²) >= 11 is 0. The Labute approximate surface area is 99.3 Å². The van der Waals surface area contributed by atoms with Crippen LogP contribution < -0.4 is 4.74 Å². The largest absolute Gasteiger partial charge is 0.508 e. The predicted molar refractivity (Wildman–Crippen MR) is 69.0 cm³/mol. The minimum Gasteiger partial charge on any atom is -0.508 e. The average Bonchev–Trinajstić information content (AvgIpc) is 2.26. The fourth-order valence-corrected chi connectivity index (χ4v) is 1.37. The molecular formula is C14H24O2. The van der Waals surface area contributed by atoms with Gasteiger partial charge in [0.05, 0.1) is 6.61 Å². The van der Waals surface area contributed by atoms with E-state index in [0.717, 1.165) is 24.7 Å². The molecule has 1 aromatic carbocycles. The van der Waals surface area contributed by atoms with Crippen molar-refractivity contribution in [1.82, 2.24) is 0 Å². The number of ether oxygens (including phenoxy) is 1. The molecule has 0 saturated carbocycles. The Morgan fingerprint density at radius 1 is 1.25 bits per heavy atom. The average molecular weight is 224 g/mol. The lowest BCUT2D eigenvalue weighted by Gasteiger charge is -2.09. The Morgan fingerprint density at radius 2 is 1.88 bits per heavy atom. The molecule has 0 heterocycles. The molecule has 0 fully saturated rings. The van der Waals surface area contributed by atoms with Crippen LogP contribution in [-0.4, -0.2) is 11.7 Å². The number of aromatic hydroxyl groups is 1. The minimum atomic E-state index is 0. The highest BCUT2D eigenvalue weighted by Gasteiger charge is 1.99. The van der Waals surface area contributed by atoms with Crippen LogP contribution in [0.15, 0.2) is 24.3 Å². The molecule has 1 aromatic rings. The van der Waals surface area contributed by atoms with Crippen molar-refractivity contribution < 1.29 is 9.84 Å². The van der Waals surface area contributed by atoms with Crippen molar-refractivity contribution in [2.45, 2.75) is 40.5 Å². The van der Waals surface area contributed by atoms with E-state index >= 15 is 0 Å². The number of hydrogen-bond donors (Lipinski definition) is 1. The van der Waals surface area contributed by atoms with Crippen molar-refractivity contribution in [1.29, 1.82) is 0 Å². The maximum Gasteiger partial charge on any atom is 0.119 e. The highest BCUT2D eigenvalue weighted by Crippen LogP contribution is 2.16. The van der Waals surface area contributed by atoms with Gasteiger partial charge in [0.25, 0.3) is 0 Å². The zero-order valence-corrected chi connectivity index (χ0v) is 9.57. The maximum atomic E-state index is 9.08. The van der Waals surface area contributed by atoms with E-state index in [2.05, 4.69) is 13.8 Å². The van der Waals surface area contributed by atoms with Gasteiger partial charge in [-0.2, -0.15) is 0 Å². The van der Waals surface area contributed by atoms with Crippen LogP contribution in [0.5, 0.6) is 11.5 Å². The Morgan fingerprint density at radius 3 is 2.44 bits per heavy atom. The summed E-state index contributed by atoms with van der Waals surface area (Å²) in [6.07, 6.45) is 3.55. The lowest BCUT2D eigenvalue weighted by atomic mass is 10.0. The molecule has 0 aliphatic heterocycles. The minimum absolute atomic E-state index is 0. The smallest absolute Gasteiger partial charge is 0.119 e. The first kappa shape index (κ1) is 14.8. The summed E-state index contributed by atoms with van der Waals surface area (Å²) in [7, 11) is 0. The SMILES string of the molecule is C.CCC(C)CCCOc1ccc(O)cc1. The van der Waals surface area contributed by atoms with Gasteiger partial charge in [0.2, 0.25) is 0 Å². The zero-order valence-electron chi connectivity index (χ0n) is 9.57. The molecule has 0 spiro atoms. The van der Waals surface area contributed by atoms with Crippen LogP contribution in [0.4, 0.5) is 0 Å². The summed E-state index contributed by atoms with van der Waals surface area (Å²) in [6.45, 7) is 5.24. The van der Waals surface area contributed by atoms with Crippen molar-refractivity contribution >= 4 is 0 Å². The fourth-order valence-electron chi connectivity index (χ4n) is 1.37. The van der Waals surface area contributed by atoms with Crippen LogP contribution in [0.1, 0.15) is 40.5 Å². The molecule has 0 aromatic heterocycles. The second-order valence-electron chi connectivity index (χ2n) is 4.00. The lowest BCUT2D eigenvalue weighted by molar-refractivity contribution is 0.293. The lowest BCUT2D eigenvalue weighted by Crippen LogP contribution is -2.00. The molecule has 1 N–H and O–H groups in total. The van der Waals surface area contributed by atoms with Gasteiger partial charge in [0.1, 0.15) is 11.5 Å². The monoisotopic (exact) mass is 224 g/mol. The van der Waals surface area contributed by atoms with E-state index in [1.807, 2.05) is 0 Å². The normalized spacial score (nSPS) is 11.6. The first-order chi connectivity index (χ1) is 7.22. The molecule has 0 aliphatic rings. The Bertz CT molecular complexity index is 267. The van der Waals surface area contributed by atoms with Crippen LogP contribution in [0.3, 0.4) is 0 Å². The quantitative estimate of drug-likeness (QED) is 0.732. The maximum absolute atomic E-state index is 9.08. The third kappa shape index (κ3) is 5.64. The van der Waals surface area contributed by atoms with Crippen LogP contribution in [0.2, 0.25) is 0 Å². The van der Waals surface area contributed by atoms with Gasteiger partial charge in [0.15, 0.2) is 0 Å². The third-order valence-corrected chi connectivity index (χ3v) is 2.64. The van der Waals surface area contributed by atoms with Gasteiger partial charge in [-0.25, -0.2) is 0 Å². The molecule has 0 radical (unpaired) electrons. The molecule has 0 amide bonds. The Kier molecular flexibility index (Phi) is 7.44. The summed E-state index contributed by atoms with van der Waals surface area (Å²) in [5.41, 5.74) is 0. The first-order valence-electron chi connectivity index (χ1n) is 5.64. The summed E-state index contributed by atoms with van der Waals surface area (Å²) < 4.78 is 5.54. The van der Waals surface area contributed by atoms with Gasteiger partial charge in [0, 0.05) is 0 Å². The molecule has 1 unspecified atom stereocenters. The van der Waals surface area contributed by atoms with Gasteiger partial charge in [-0.3, -0.25) is 0 Å². The van der Waals surface area contributed by atoms with Crippen LogP contribution in [0, 0.1) is 5.92 Å². The van der Waals surface area contributed by atoms with Gasteiger partial charge >= 0.3 is 0 Å². The van der Waals surface area contributed by atoms with E-state index in [0.29, 0.717) is 0 Å². The van der Waals surface area contributed by atoms with Gasteiger partial charge in [-0.1, -0.05) is 27.7 Å². The molecule has 92 valence electrons. The number of hydrogen-bond acceptors (Lipinski definition) is 2. The topological polar surface area (TPSA) is 29.5 Å². The zero-order chi connectivity index (χ0) is 11.1. The first-order valence-corrected chi connectivity index (χ1v) is 5.64. The predicted octanol–water partition coefficient (Wildman–Crippen LogP) is 4.23. The van der Waals surface area contributed by atoms with Crippen molar-refractivity contribution in [3.8, 4) is 11.5 Å². The summed E-state index contributed by atoms with van der Waals surface area (Å²) in [6, 6.07) is 6.87. The third-order valence-electron chi connectivity index (χ3n) is 2.64. The second kappa shape index (κ2) is 8.03. The Hall–Kier alpha value is -1.18. The van der Waals surface area contributed by atoms with Gasteiger partial charge < -0.3 is 9.84 Å². The summed E-state index contributed by atoms with van der Waals surface area (Å²) in [5.74, 6) is 1.90. The standard InChI is InChI=1S/C13H20O2.CH4/c1-3-11(2)5-4-10-15-13-8-6-12(14)7-9-13;/h6-9,11,14H,3-5,10H2,1-2H3;1H4. The summed E-state index contributed by atoms with van der Waals surface area (Å²) in [5, 5.41) is 9.08. The van der Waals surface area contributed by atoms with E-state index in [1.54, 1.807) is 24.3 Å². The van der Waals surface area contributed by atoms with Gasteiger partial charge in [-0.05, 0) is 43.0 Å². The van der Waals surface area contributed by atoms with E-state index in [4.69, 9.17) is 9.84 Å². The highest BCUT2D eigenvalue weighted by atomic mass is 16.5. The van der Waals surface area contributed by atoms with Crippen LogP contribution in [-0.2, 0) is 0 Å². The molecule has 0 aliphatic carbocycles. The van der Waals surface area contributed by atoms with Crippen molar-refractivity contribution in [2.24, 2.45) is 5.92 Å². The van der Waals surface area contributed by atoms with E-state index in [-0.39, 0.29) is 13.2 Å².